The van der Waals surface area contributed by atoms with Crippen molar-refractivity contribution in [3.63, 3.8) is 0 Å². The number of nitrogens with zero attached hydrogens (tertiary/aromatic N) is 4. The average molecular weight is 630 g/mol. The van der Waals surface area contributed by atoms with Crippen molar-refractivity contribution in [1.82, 2.24) is 15.1 Å². The van der Waals surface area contributed by atoms with Gasteiger partial charge in [0.05, 0.1) is 5.54 Å². The van der Waals surface area contributed by atoms with Gasteiger partial charge in [-0.05, 0) is 99.6 Å². The minimum atomic E-state index is -0.171. The van der Waals surface area contributed by atoms with Crippen LogP contribution in [0.1, 0.15) is 65.2 Å². The van der Waals surface area contributed by atoms with Gasteiger partial charge in [-0.15, -0.1) is 0 Å². The van der Waals surface area contributed by atoms with Gasteiger partial charge < -0.3 is 24.6 Å². The van der Waals surface area contributed by atoms with E-state index >= 15 is 4.39 Å². The minimum absolute atomic E-state index is 0.0260. The van der Waals surface area contributed by atoms with Gasteiger partial charge in [0, 0.05) is 55.4 Å². The van der Waals surface area contributed by atoms with Crippen LogP contribution in [0.2, 0.25) is 0 Å². The van der Waals surface area contributed by atoms with E-state index in [2.05, 4.69) is 39.9 Å². The monoisotopic (exact) mass is 629 g/mol. The molecule has 246 valence electrons. The number of allylic oxidation sites excluding steroid dienone is 1. The number of nitrogens with one attached hydrogen (secondary N) is 1. The predicted octanol–water partition coefficient (Wildman–Crippen LogP) is 5.78. The molecule has 0 saturated carbocycles. The maximum absolute atomic E-state index is 15.1. The van der Waals surface area contributed by atoms with Gasteiger partial charge in [0.15, 0.2) is 0 Å². The van der Waals surface area contributed by atoms with Gasteiger partial charge in [-0.3, -0.25) is 9.69 Å². The van der Waals surface area contributed by atoms with Crippen molar-refractivity contribution in [3.05, 3.63) is 65.3 Å². The van der Waals surface area contributed by atoms with E-state index in [1.54, 1.807) is 12.1 Å². The van der Waals surface area contributed by atoms with Gasteiger partial charge in [0.25, 0.3) is 6.47 Å². The lowest BCUT2D eigenvalue weighted by molar-refractivity contribution is -0.130. The van der Waals surface area contributed by atoms with E-state index in [0.717, 1.165) is 88.2 Å². The van der Waals surface area contributed by atoms with Crippen molar-refractivity contribution in [1.29, 1.82) is 0 Å². The standard InChI is InChI=1S/C37H48FN5O3/c1-3-7-34(46-24-37-16-6-18-43(37)30(14-17-37)23-45-25-44)40-36(42-21-28-12-13-29(22-42)39-28)31-15-19-41(20-26(31)2)33-11-5-9-27-8-4-10-32(38)35(27)33/h4-5,7-11,25,28-30,39H,3,6,12-24H2,1-2H3/b34-7-,40-36+/t28?,29?,30-,37?/m1/s1. The van der Waals surface area contributed by atoms with Gasteiger partial charge in [-0.2, -0.15) is 4.99 Å². The highest BCUT2D eigenvalue weighted by Gasteiger charge is 2.50. The van der Waals surface area contributed by atoms with Crippen LogP contribution in [-0.4, -0.2) is 91.7 Å². The second-order valence-corrected chi connectivity index (χ2v) is 13.9. The smallest absolute Gasteiger partial charge is 0.293 e. The number of hydrogen-bond acceptors (Lipinski definition) is 7. The van der Waals surface area contributed by atoms with E-state index in [1.807, 2.05) is 24.3 Å². The highest BCUT2D eigenvalue weighted by Crippen LogP contribution is 2.43. The number of hydrogen-bond donors (Lipinski definition) is 1. The molecule has 8 nitrogen and oxygen atoms in total. The number of rotatable bonds is 10. The molecule has 0 aromatic heterocycles. The highest BCUT2D eigenvalue weighted by atomic mass is 19.1. The molecule has 2 bridgehead atoms. The summed E-state index contributed by atoms with van der Waals surface area (Å²) in [5.41, 5.74) is 3.49. The van der Waals surface area contributed by atoms with Crippen LogP contribution in [0.15, 0.2) is 64.5 Å². The van der Waals surface area contributed by atoms with Crippen LogP contribution in [0, 0.1) is 5.82 Å². The number of ether oxygens (including phenoxy) is 2. The Labute approximate surface area is 272 Å². The third-order valence-electron chi connectivity index (χ3n) is 11.0. The summed E-state index contributed by atoms with van der Waals surface area (Å²) >= 11 is 0. The van der Waals surface area contributed by atoms with E-state index in [0.29, 0.717) is 43.0 Å². The van der Waals surface area contributed by atoms with Gasteiger partial charge in [0.1, 0.15) is 24.9 Å². The number of likely N-dealkylation sites (tertiary alicyclic amines) is 1. The fraction of sp³-hybridized carbons (Fsp3) is 0.568. The van der Waals surface area contributed by atoms with E-state index in [1.165, 1.54) is 24.0 Å². The van der Waals surface area contributed by atoms with Crippen molar-refractivity contribution in [2.24, 2.45) is 4.99 Å². The van der Waals surface area contributed by atoms with Gasteiger partial charge in [0.2, 0.25) is 5.88 Å². The Hall–Kier alpha value is -3.43. The fourth-order valence-corrected chi connectivity index (χ4v) is 8.83. The Kier molecular flexibility index (Phi) is 9.06. The van der Waals surface area contributed by atoms with Crippen LogP contribution < -0.4 is 10.2 Å². The largest absolute Gasteiger partial charge is 0.476 e. The van der Waals surface area contributed by atoms with Crippen LogP contribution in [0.4, 0.5) is 10.1 Å². The molecule has 0 aliphatic carbocycles. The molecule has 0 amide bonds. The molecule has 0 spiro atoms. The Morgan fingerprint density at radius 3 is 2.67 bits per heavy atom. The summed E-state index contributed by atoms with van der Waals surface area (Å²) in [5, 5.41) is 5.41. The topological polar surface area (TPSA) is 69.6 Å². The summed E-state index contributed by atoms with van der Waals surface area (Å²) in [5.74, 6) is 1.58. The molecule has 2 aromatic rings. The molecule has 3 unspecified atom stereocenters. The summed E-state index contributed by atoms with van der Waals surface area (Å²) in [4.78, 5) is 23.6. The number of carbonyl (C=O) groups excluding carboxylic acids is 1. The van der Waals surface area contributed by atoms with Crippen LogP contribution >= 0.6 is 0 Å². The third-order valence-corrected chi connectivity index (χ3v) is 11.0. The minimum Gasteiger partial charge on any atom is -0.476 e. The zero-order valence-electron chi connectivity index (χ0n) is 27.3. The van der Waals surface area contributed by atoms with Crippen LogP contribution in [0.5, 0.6) is 0 Å². The first-order valence-corrected chi connectivity index (χ1v) is 17.3. The fourth-order valence-electron chi connectivity index (χ4n) is 8.83. The highest BCUT2D eigenvalue weighted by molar-refractivity contribution is 6.01. The summed E-state index contributed by atoms with van der Waals surface area (Å²) in [6.45, 7) is 10.4. The molecule has 1 N–H and O–H groups in total. The Morgan fingerprint density at radius 2 is 1.91 bits per heavy atom. The normalized spacial score (nSPS) is 28.7. The van der Waals surface area contributed by atoms with Gasteiger partial charge in [-0.1, -0.05) is 31.2 Å². The Morgan fingerprint density at radius 1 is 1.11 bits per heavy atom. The molecule has 7 rings (SSSR count). The van der Waals surface area contributed by atoms with Gasteiger partial charge >= 0.3 is 0 Å². The number of aliphatic imine (C=N–C) groups is 1. The lowest BCUT2D eigenvalue weighted by Gasteiger charge is -2.39. The SMILES string of the molecule is CC/C=C(/N=C(\C1=C(C)CN(c2cccc3cccc(F)c23)CC1)N1CC2CCC(C1)N2)OCC12CCCN1[C@@H](COC=O)CC2. The van der Waals surface area contributed by atoms with Crippen molar-refractivity contribution in [2.75, 3.05) is 50.8 Å². The zero-order chi connectivity index (χ0) is 31.7. The lowest BCUT2D eigenvalue weighted by Crippen LogP contribution is -2.54. The second-order valence-electron chi connectivity index (χ2n) is 13.9. The molecule has 9 heteroatoms. The molecule has 5 heterocycles. The van der Waals surface area contributed by atoms with E-state index < -0.39 is 0 Å². The van der Waals surface area contributed by atoms with E-state index in [9.17, 15) is 4.79 Å². The van der Waals surface area contributed by atoms with Crippen LogP contribution in [0.3, 0.4) is 0 Å². The van der Waals surface area contributed by atoms with Crippen LogP contribution in [0.25, 0.3) is 10.8 Å². The summed E-state index contributed by atoms with van der Waals surface area (Å²) in [6.07, 6.45) is 10.5. The summed E-state index contributed by atoms with van der Waals surface area (Å²) < 4.78 is 26.9. The Bertz CT molecular complexity index is 1520. The molecule has 0 radical (unpaired) electrons. The molecule has 5 aliphatic heterocycles. The molecule has 5 aliphatic rings. The number of fused-ring (bicyclic) bond motifs is 4. The predicted molar refractivity (Wildman–Crippen MR) is 180 cm³/mol. The second kappa shape index (κ2) is 13.4. The van der Waals surface area contributed by atoms with Crippen LogP contribution in [-0.2, 0) is 14.3 Å². The van der Waals surface area contributed by atoms with Crippen molar-refractivity contribution < 1.29 is 18.7 Å². The lowest BCUT2D eigenvalue weighted by atomic mass is 9.95. The molecule has 4 saturated heterocycles. The number of piperazine rings is 1. The van der Waals surface area contributed by atoms with E-state index in [-0.39, 0.29) is 17.4 Å². The zero-order valence-corrected chi connectivity index (χ0v) is 27.3. The third kappa shape index (κ3) is 6.04. The van der Waals surface area contributed by atoms with Gasteiger partial charge in [-0.25, -0.2) is 4.39 Å². The molecule has 4 atom stereocenters. The van der Waals surface area contributed by atoms with E-state index in [4.69, 9.17) is 14.5 Å². The maximum atomic E-state index is 15.1. The maximum Gasteiger partial charge on any atom is 0.293 e. The number of anilines is 1. The molecule has 2 aromatic carbocycles. The van der Waals surface area contributed by atoms with Crippen molar-refractivity contribution >= 4 is 28.8 Å². The Balaban J connectivity index is 1.17. The first-order valence-electron chi connectivity index (χ1n) is 17.3. The summed E-state index contributed by atoms with van der Waals surface area (Å²) in [6, 6.07) is 12.6. The molecular formula is C37H48FN5O3. The first-order chi connectivity index (χ1) is 22.5. The molecule has 46 heavy (non-hydrogen) atoms. The quantitative estimate of drug-likeness (QED) is 0.155. The van der Waals surface area contributed by atoms with Crippen molar-refractivity contribution in [2.45, 2.75) is 88.9 Å². The number of benzene rings is 2. The first kappa shape index (κ1) is 31.2. The number of amidine groups is 1. The molecular weight excluding hydrogens is 581 g/mol. The average Bonchev–Trinajstić information content (AvgIpc) is 3.74. The summed E-state index contributed by atoms with van der Waals surface area (Å²) in [7, 11) is 0. The number of carbonyl (C=O) groups is 1. The van der Waals surface area contributed by atoms with Crippen molar-refractivity contribution in [3.8, 4) is 0 Å². The number of halogens is 1. The molecule has 4 fully saturated rings.